The van der Waals surface area contributed by atoms with Crippen molar-refractivity contribution in [3.63, 3.8) is 0 Å². The van der Waals surface area contributed by atoms with Gasteiger partial charge in [0.05, 0.1) is 22.7 Å². The fraction of sp³-hybridized carbons (Fsp3) is 0.375. The van der Waals surface area contributed by atoms with E-state index in [1.165, 1.54) is 6.92 Å². The second-order valence-corrected chi connectivity index (χ2v) is 8.26. The Labute approximate surface area is 139 Å². The summed E-state index contributed by atoms with van der Waals surface area (Å²) in [4.78, 5) is 23.4. The van der Waals surface area contributed by atoms with Gasteiger partial charge in [0.15, 0.2) is 9.84 Å². The van der Waals surface area contributed by atoms with Crippen molar-refractivity contribution in [3.8, 4) is 0 Å². The standard InChI is InChI=1S/C16H19N3O4S/c1-11(20)17-14-3-2-4-15-13(14)5-7-19(15)9-16(21)18-12-6-8-24(22,23)10-12/h2-5,7,12H,6,8-10H2,1H3,(H,17,20)(H,18,21). The lowest BCUT2D eigenvalue weighted by Gasteiger charge is -2.12. The molecule has 1 unspecified atom stereocenters. The minimum absolute atomic E-state index is 0.0118. The van der Waals surface area contributed by atoms with Crippen molar-refractivity contribution in [2.75, 3.05) is 16.8 Å². The highest BCUT2D eigenvalue weighted by Crippen LogP contribution is 2.24. The SMILES string of the molecule is CC(=O)Nc1cccc2c1ccn2CC(=O)NC1CCS(=O)(=O)C1. The predicted octanol–water partition coefficient (Wildman–Crippen LogP) is 0.903. The molecule has 128 valence electrons. The second-order valence-electron chi connectivity index (χ2n) is 6.03. The maximum atomic E-state index is 12.2. The summed E-state index contributed by atoms with van der Waals surface area (Å²) in [5.74, 6) is -0.238. The first-order valence-corrected chi connectivity index (χ1v) is 9.51. The predicted molar refractivity (Wildman–Crippen MR) is 91.4 cm³/mol. The number of sulfone groups is 1. The highest BCUT2D eigenvalue weighted by Gasteiger charge is 2.28. The highest BCUT2D eigenvalue weighted by molar-refractivity contribution is 7.91. The van der Waals surface area contributed by atoms with Gasteiger partial charge in [-0.1, -0.05) is 6.07 Å². The van der Waals surface area contributed by atoms with Crippen LogP contribution in [0.5, 0.6) is 0 Å². The van der Waals surface area contributed by atoms with Gasteiger partial charge in [-0.15, -0.1) is 0 Å². The molecule has 2 aromatic rings. The van der Waals surface area contributed by atoms with Gasteiger partial charge in [-0.25, -0.2) is 8.42 Å². The van der Waals surface area contributed by atoms with E-state index in [-0.39, 0.29) is 35.9 Å². The Kier molecular flexibility index (Phi) is 4.31. The Balaban J connectivity index is 1.73. The van der Waals surface area contributed by atoms with Crippen LogP contribution in [-0.4, -0.2) is 42.3 Å². The van der Waals surface area contributed by atoms with Crippen LogP contribution in [0.15, 0.2) is 30.5 Å². The van der Waals surface area contributed by atoms with Crippen molar-refractivity contribution in [1.29, 1.82) is 0 Å². The van der Waals surface area contributed by atoms with Gasteiger partial charge >= 0.3 is 0 Å². The Morgan fingerprint density at radius 2 is 2.08 bits per heavy atom. The largest absolute Gasteiger partial charge is 0.351 e. The zero-order valence-electron chi connectivity index (χ0n) is 13.3. The van der Waals surface area contributed by atoms with E-state index in [2.05, 4.69) is 10.6 Å². The maximum Gasteiger partial charge on any atom is 0.240 e. The molecule has 24 heavy (non-hydrogen) atoms. The van der Waals surface area contributed by atoms with Crippen molar-refractivity contribution in [2.24, 2.45) is 0 Å². The minimum Gasteiger partial charge on any atom is -0.351 e. The molecule has 2 amide bonds. The van der Waals surface area contributed by atoms with Gasteiger partial charge in [-0.05, 0) is 24.6 Å². The molecule has 1 fully saturated rings. The summed E-state index contributed by atoms with van der Waals surface area (Å²) in [7, 11) is -3.02. The van der Waals surface area contributed by atoms with E-state index in [9.17, 15) is 18.0 Å². The second kappa shape index (κ2) is 6.27. The molecular weight excluding hydrogens is 330 g/mol. The number of hydrogen-bond acceptors (Lipinski definition) is 4. The van der Waals surface area contributed by atoms with Crippen molar-refractivity contribution < 1.29 is 18.0 Å². The van der Waals surface area contributed by atoms with Crippen LogP contribution in [0.25, 0.3) is 10.9 Å². The summed E-state index contributed by atoms with van der Waals surface area (Å²) in [6.45, 7) is 1.54. The first-order chi connectivity index (χ1) is 11.3. The third kappa shape index (κ3) is 3.59. The summed E-state index contributed by atoms with van der Waals surface area (Å²) in [5, 5.41) is 6.39. The van der Waals surface area contributed by atoms with Crippen LogP contribution in [0.3, 0.4) is 0 Å². The van der Waals surface area contributed by atoms with E-state index in [0.29, 0.717) is 12.1 Å². The molecule has 1 aliphatic heterocycles. The zero-order chi connectivity index (χ0) is 17.3. The van der Waals surface area contributed by atoms with Crippen LogP contribution in [0.2, 0.25) is 0 Å². The maximum absolute atomic E-state index is 12.2. The molecule has 0 aliphatic carbocycles. The van der Waals surface area contributed by atoms with Gasteiger partial charge in [0.1, 0.15) is 6.54 Å². The Bertz CT molecular complexity index is 901. The molecule has 1 saturated heterocycles. The Morgan fingerprint density at radius 3 is 2.75 bits per heavy atom. The lowest BCUT2D eigenvalue weighted by atomic mass is 10.2. The number of fused-ring (bicyclic) bond motifs is 1. The fourth-order valence-electron chi connectivity index (χ4n) is 3.00. The number of carbonyl (C=O) groups is 2. The highest BCUT2D eigenvalue weighted by atomic mass is 32.2. The molecule has 3 rings (SSSR count). The zero-order valence-corrected chi connectivity index (χ0v) is 14.1. The van der Waals surface area contributed by atoms with Crippen LogP contribution in [-0.2, 0) is 26.0 Å². The van der Waals surface area contributed by atoms with Gasteiger partial charge in [-0.3, -0.25) is 9.59 Å². The average Bonchev–Trinajstić information content (AvgIpc) is 3.03. The molecular formula is C16H19N3O4S. The topological polar surface area (TPSA) is 97.3 Å². The van der Waals surface area contributed by atoms with E-state index in [4.69, 9.17) is 0 Å². The van der Waals surface area contributed by atoms with Crippen molar-refractivity contribution in [1.82, 2.24) is 9.88 Å². The fourth-order valence-corrected chi connectivity index (χ4v) is 4.67. The van der Waals surface area contributed by atoms with Gasteiger partial charge in [0, 0.05) is 24.5 Å². The van der Waals surface area contributed by atoms with Gasteiger partial charge < -0.3 is 15.2 Å². The molecule has 7 nitrogen and oxygen atoms in total. The van der Waals surface area contributed by atoms with E-state index in [0.717, 1.165) is 10.9 Å². The van der Waals surface area contributed by atoms with Crippen molar-refractivity contribution >= 4 is 38.2 Å². The van der Waals surface area contributed by atoms with Crippen LogP contribution in [0.1, 0.15) is 13.3 Å². The number of aromatic nitrogens is 1. The number of carbonyl (C=O) groups excluding carboxylic acids is 2. The molecule has 0 bridgehead atoms. The van der Waals surface area contributed by atoms with Gasteiger partial charge in [-0.2, -0.15) is 0 Å². The number of hydrogen-bond donors (Lipinski definition) is 2. The number of nitrogens with zero attached hydrogens (tertiary/aromatic N) is 1. The number of amides is 2. The molecule has 8 heteroatoms. The Hall–Kier alpha value is -2.35. The number of nitrogens with one attached hydrogen (secondary N) is 2. The molecule has 2 N–H and O–H groups in total. The number of benzene rings is 1. The molecule has 1 atom stereocenters. The molecule has 1 aromatic carbocycles. The van der Waals surface area contributed by atoms with Crippen LogP contribution < -0.4 is 10.6 Å². The lowest BCUT2D eigenvalue weighted by Crippen LogP contribution is -2.37. The third-order valence-corrected chi connectivity index (χ3v) is 5.80. The first-order valence-electron chi connectivity index (χ1n) is 7.69. The summed E-state index contributed by atoms with van der Waals surface area (Å²) in [5.41, 5.74) is 1.52. The molecule has 2 heterocycles. The summed E-state index contributed by atoms with van der Waals surface area (Å²) in [6.07, 6.45) is 2.24. The van der Waals surface area contributed by atoms with Gasteiger partial charge in [0.25, 0.3) is 0 Å². The molecule has 0 spiro atoms. The van der Waals surface area contributed by atoms with E-state index in [1.54, 1.807) is 16.8 Å². The summed E-state index contributed by atoms with van der Waals surface area (Å²) in [6, 6.07) is 7.02. The molecule has 0 saturated carbocycles. The normalized spacial score (nSPS) is 19.3. The van der Waals surface area contributed by atoms with E-state index < -0.39 is 9.84 Å². The quantitative estimate of drug-likeness (QED) is 0.857. The number of rotatable bonds is 4. The lowest BCUT2D eigenvalue weighted by molar-refractivity contribution is -0.122. The van der Waals surface area contributed by atoms with Crippen LogP contribution in [0, 0.1) is 0 Å². The van der Waals surface area contributed by atoms with Crippen molar-refractivity contribution in [3.05, 3.63) is 30.5 Å². The smallest absolute Gasteiger partial charge is 0.240 e. The Morgan fingerprint density at radius 1 is 1.29 bits per heavy atom. The van der Waals surface area contributed by atoms with Crippen LogP contribution in [0.4, 0.5) is 5.69 Å². The van der Waals surface area contributed by atoms with Crippen LogP contribution >= 0.6 is 0 Å². The first kappa shape index (κ1) is 16.5. The molecule has 1 aromatic heterocycles. The number of anilines is 1. The minimum atomic E-state index is -3.02. The monoisotopic (exact) mass is 349 g/mol. The van der Waals surface area contributed by atoms with Crippen molar-refractivity contribution in [2.45, 2.75) is 25.9 Å². The van der Waals surface area contributed by atoms with E-state index in [1.807, 2.05) is 18.2 Å². The molecule has 0 radical (unpaired) electrons. The van der Waals surface area contributed by atoms with Gasteiger partial charge in [0.2, 0.25) is 11.8 Å². The third-order valence-electron chi connectivity index (χ3n) is 4.04. The summed E-state index contributed by atoms with van der Waals surface area (Å²) >= 11 is 0. The molecule has 1 aliphatic rings. The summed E-state index contributed by atoms with van der Waals surface area (Å²) < 4.78 is 24.7. The average molecular weight is 349 g/mol. The van der Waals surface area contributed by atoms with E-state index >= 15 is 0 Å².